The summed E-state index contributed by atoms with van der Waals surface area (Å²) in [6.07, 6.45) is 0.392. The van der Waals surface area contributed by atoms with Gasteiger partial charge in [0.15, 0.2) is 5.54 Å². The van der Waals surface area contributed by atoms with Crippen molar-refractivity contribution in [2.24, 2.45) is 4.99 Å². The predicted octanol–water partition coefficient (Wildman–Crippen LogP) is 1.97. The third kappa shape index (κ3) is 4.16. The van der Waals surface area contributed by atoms with Crippen LogP contribution in [0.3, 0.4) is 0 Å². The van der Waals surface area contributed by atoms with Gasteiger partial charge < -0.3 is 20.1 Å². The Balaban J connectivity index is 2.06. The highest BCUT2D eigenvalue weighted by molar-refractivity contribution is 8.14. The van der Waals surface area contributed by atoms with E-state index in [2.05, 4.69) is 4.99 Å². The van der Waals surface area contributed by atoms with Gasteiger partial charge in [-0.15, -0.1) is 11.8 Å². The highest BCUT2D eigenvalue weighted by Crippen LogP contribution is 2.35. The third-order valence-electron chi connectivity index (χ3n) is 3.30. The molecule has 0 saturated heterocycles. The number of benzene rings is 1. The zero-order chi connectivity index (χ0) is 17.0. The first kappa shape index (κ1) is 17.1. The summed E-state index contributed by atoms with van der Waals surface area (Å²) < 4.78 is 5.37. The zero-order valence-corrected chi connectivity index (χ0v) is 13.3. The number of carbonyl (C=O) groups is 2. The molecular weight excluding hydrogens is 322 g/mol. The van der Waals surface area contributed by atoms with Crippen molar-refractivity contribution in [3.05, 3.63) is 23.8 Å². The molecule has 1 atom stereocenters. The monoisotopic (exact) mass is 339 g/mol. The molecule has 0 amide bonds. The van der Waals surface area contributed by atoms with Crippen LogP contribution in [0, 0.1) is 0 Å². The van der Waals surface area contributed by atoms with Crippen molar-refractivity contribution in [3.8, 4) is 11.5 Å². The molecule has 0 bridgehead atoms. The fourth-order valence-electron chi connectivity index (χ4n) is 1.94. The van der Waals surface area contributed by atoms with Crippen LogP contribution in [0.1, 0.15) is 25.3 Å². The van der Waals surface area contributed by atoms with E-state index in [-0.39, 0.29) is 18.8 Å². The minimum atomic E-state index is -1.18. The second-order valence-electron chi connectivity index (χ2n) is 5.31. The molecule has 0 fully saturated rings. The summed E-state index contributed by atoms with van der Waals surface area (Å²) in [6.45, 7) is 1.77. The molecule has 0 saturated carbocycles. The molecule has 0 unspecified atom stereocenters. The highest BCUT2D eigenvalue weighted by Gasteiger charge is 2.38. The lowest BCUT2D eigenvalue weighted by molar-refractivity contribution is -0.141. The van der Waals surface area contributed by atoms with E-state index in [4.69, 9.17) is 14.9 Å². The van der Waals surface area contributed by atoms with Gasteiger partial charge in [0, 0.05) is 23.8 Å². The molecule has 0 radical (unpaired) electrons. The Morgan fingerprint density at radius 3 is 2.70 bits per heavy atom. The molecule has 1 aliphatic heterocycles. The minimum absolute atomic E-state index is 0.0191. The molecule has 0 spiro atoms. The van der Waals surface area contributed by atoms with Crippen molar-refractivity contribution in [1.29, 1.82) is 0 Å². The lowest BCUT2D eigenvalue weighted by atomic mass is 10.1. The minimum Gasteiger partial charge on any atom is -0.507 e. The average Bonchev–Trinajstić information content (AvgIpc) is 2.87. The van der Waals surface area contributed by atoms with Gasteiger partial charge >= 0.3 is 11.9 Å². The van der Waals surface area contributed by atoms with Crippen molar-refractivity contribution in [2.75, 3.05) is 12.4 Å². The molecular formula is C15H17NO6S. The van der Waals surface area contributed by atoms with Crippen molar-refractivity contribution >= 4 is 28.7 Å². The maximum atomic E-state index is 11.2. The van der Waals surface area contributed by atoms with Gasteiger partial charge in [-0.25, -0.2) is 4.79 Å². The normalized spacial score (nSPS) is 20.1. The van der Waals surface area contributed by atoms with Gasteiger partial charge in [-0.1, -0.05) is 0 Å². The number of carboxylic acid groups (broad SMARTS) is 2. The molecule has 1 heterocycles. The van der Waals surface area contributed by atoms with E-state index < -0.39 is 17.5 Å². The molecule has 3 N–H and O–H groups in total. The molecule has 23 heavy (non-hydrogen) atoms. The van der Waals surface area contributed by atoms with Crippen molar-refractivity contribution in [3.63, 3.8) is 0 Å². The number of nitrogens with zero attached hydrogens (tertiary/aromatic N) is 1. The number of hydrogen-bond donors (Lipinski definition) is 3. The largest absolute Gasteiger partial charge is 0.507 e. The van der Waals surface area contributed by atoms with Crippen LogP contribution in [-0.4, -0.2) is 50.2 Å². The number of hydrogen-bond acceptors (Lipinski definition) is 6. The molecule has 2 rings (SSSR count). The van der Waals surface area contributed by atoms with E-state index in [0.717, 1.165) is 0 Å². The van der Waals surface area contributed by atoms with Crippen molar-refractivity contribution in [1.82, 2.24) is 0 Å². The zero-order valence-electron chi connectivity index (χ0n) is 12.5. The first-order valence-corrected chi connectivity index (χ1v) is 7.94. The molecule has 0 aliphatic carbocycles. The van der Waals surface area contributed by atoms with Gasteiger partial charge in [0.1, 0.15) is 16.5 Å². The standard InChI is InChI=1S/C15H17NO6S/c1-15(14(20)21)8-23-13(16-15)10-5-4-9(7-11(10)17)22-6-2-3-12(18)19/h4-5,7,17H,2-3,6,8H2,1H3,(H,18,19)(H,20,21)/t15-/m1/s1. The quantitative estimate of drug-likeness (QED) is 0.650. The fourth-order valence-corrected chi connectivity index (χ4v) is 3.14. The summed E-state index contributed by atoms with van der Waals surface area (Å²) in [5, 5.41) is 28.3. The molecule has 1 aliphatic rings. The summed E-state index contributed by atoms with van der Waals surface area (Å²) in [5.41, 5.74) is -0.726. The van der Waals surface area contributed by atoms with Gasteiger partial charge in [-0.05, 0) is 25.5 Å². The molecule has 8 heteroatoms. The number of thioether (sulfide) groups is 1. The van der Waals surface area contributed by atoms with Gasteiger partial charge in [0.2, 0.25) is 0 Å². The smallest absolute Gasteiger partial charge is 0.332 e. The van der Waals surface area contributed by atoms with Crippen molar-refractivity contribution < 1.29 is 29.6 Å². The number of aliphatic imine (C=N–C) groups is 1. The van der Waals surface area contributed by atoms with Crippen LogP contribution in [0.25, 0.3) is 0 Å². The number of phenols is 1. The fraction of sp³-hybridized carbons (Fsp3) is 0.400. The van der Waals surface area contributed by atoms with Crippen LogP contribution in [-0.2, 0) is 9.59 Å². The number of carboxylic acids is 2. The molecule has 1 aromatic carbocycles. The van der Waals surface area contributed by atoms with E-state index in [1.807, 2.05) is 0 Å². The predicted molar refractivity (Wildman–Crippen MR) is 85.5 cm³/mol. The molecule has 0 aromatic heterocycles. The summed E-state index contributed by atoms with van der Waals surface area (Å²) in [5.74, 6) is -1.21. The van der Waals surface area contributed by atoms with Gasteiger partial charge in [-0.3, -0.25) is 9.79 Å². The van der Waals surface area contributed by atoms with Gasteiger partial charge in [0.05, 0.1) is 6.61 Å². The van der Waals surface area contributed by atoms with Gasteiger partial charge in [-0.2, -0.15) is 0 Å². The molecule has 124 valence electrons. The van der Waals surface area contributed by atoms with Crippen LogP contribution >= 0.6 is 11.8 Å². The Kier molecular flexibility index (Phi) is 5.15. The van der Waals surface area contributed by atoms with E-state index in [9.17, 15) is 14.7 Å². The van der Waals surface area contributed by atoms with E-state index in [1.165, 1.54) is 24.8 Å². The number of rotatable bonds is 7. The summed E-state index contributed by atoms with van der Waals surface area (Å²) >= 11 is 1.28. The van der Waals surface area contributed by atoms with Crippen LogP contribution < -0.4 is 4.74 Å². The highest BCUT2D eigenvalue weighted by atomic mass is 32.2. The maximum absolute atomic E-state index is 11.2. The van der Waals surface area contributed by atoms with Crippen LogP contribution in [0.4, 0.5) is 0 Å². The van der Waals surface area contributed by atoms with E-state index in [0.29, 0.717) is 28.5 Å². The first-order chi connectivity index (χ1) is 10.8. The van der Waals surface area contributed by atoms with Crippen LogP contribution in [0.2, 0.25) is 0 Å². The summed E-state index contributed by atoms with van der Waals surface area (Å²) in [6, 6.07) is 4.66. The average molecular weight is 339 g/mol. The van der Waals surface area contributed by atoms with E-state index >= 15 is 0 Å². The maximum Gasteiger partial charge on any atom is 0.332 e. The summed E-state index contributed by atoms with van der Waals surface area (Å²) in [4.78, 5) is 25.8. The second kappa shape index (κ2) is 6.91. The summed E-state index contributed by atoms with van der Waals surface area (Å²) in [7, 11) is 0. The molecule has 1 aromatic rings. The van der Waals surface area contributed by atoms with Crippen molar-refractivity contribution in [2.45, 2.75) is 25.3 Å². The van der Waals surface area contributed by atoms with E-state index in [1.54, 1.807) is 12.1 Å². The number of aliphatic carboxylic acids is 2. The Morgan fingerprint density at radius 2 is 2.13 bits per heavy atom. The number of phenolic OH excluding ortho intramolecular Hbond substituents is 1. The SMILES string of the molecule is C[C@]1(C(=O)O)CSC(c2ccc(OCCCC(=O)O)cc2O)=N1. The first-order valence-electron chi connectivity index (χ1n) is 6.96. The van der Waals surface area contributed by atoms with Gasteiger partial charge in [0.25, 0.3) is 0 Å². The van der Waals surface area contributed by atoms with Crippen LogP contribution in [0.15, 0.2) is 23.2 Å². The number of aromatic hydroxyl groups is 1. The topological polar surface area (TPSA) is 116 Å². The van der Waals surface area contributed by atoms with Crippen LogP contribution in [0.5, 0.6) is 11.5 Å². The Bertz CT molecular complexity index is 659. The Labute approximate surface area is 137 Å². The lowest BCUT2D eigenvalue weighted by Crippen LogP contribution is -2.33. The third-order valence-corrected chi connectivity index (χ3v) is 4.59. The Morgan fingerprint density at radius 1 is 1.39 bits per heavy atom. The Hall–Kier alpha value is -2.22. The second-order valence-corrected chi connectivity index (χ2v) is 6.27. The molecule has 7 nitrogen and oxygen atoms in total. The number of ether oxygens (including phenoxy) is 1. The lowest BCUT2D eigenvalue weighted by Gasteiger charge is -2.11.